The molecule has 0 saturated heterocycles. The Kier molecular flexibility index (Phi) is 5.94. The first-order valence-electron chi connectivity index (χ1n) is 5.70. The van der Waals surface area contributed by atoms with Gasteiger partial charge in [-0.25, -0.2) is 5.43 Å². The van der Waals surface area contributed by atoms with Crippen LogP contribution in [0.1, 0.15) is 24.0 Å². The Bertz CT molecular complexity index is 480. The molecule has 100 valence electrons. The lowest BCUT2D eigenvalue weighted by Crippen LogP contribution is -2.17. The quantitative estimate of drug-likeness (QED) is 0.582. The maximum absolute atomic E-state index is 11.1. The van der Waals surface area contributed by atoms with Gasteiger partial charge < -0.3 is 5.11 Å². The van der Waals surface area contributed by atoms with Gasteiger partial charge in [0.25, 0.3) is 0 Å². The number of hydrogen-bond acceptors (Lipinski definition) is 4. The van der Waals surface area contributed by atoms with Gasteiger partial charge in [-0.3, -0.25) is 9.59 Å². The van der Waals surface area contributed by atoms with Crippen molar-refractivity contribution in [3.8, 4) is 0 Å². The van der Waals surface area contributed by atoms with Crippen LogP contribution in [0.15, 0.2) is 41.2 Å². The number of benzene rings is 1. The number of carboxylic acids is 1. The minimum absolute atomic E-state index is 0.109. The number of amides is 1. The molecular weight excluding hydrogens is 246 g/mol. The first-order valence-corrected chi connectivity index (χ1v) is 5.70. The summed E-state index contributed by atoms with van der Waals surface area (Å²) >= 11 is 0. The molecule has 0 saturated carbocycles. The summed E-state index contributed by atoms with van der Waals surface area (Å²) in [4.78, 5) is 21.3. The zero-order valence-corrected chi connectivity index (χ0v) is 10.4. The Morgan fingerprint density at radius 1 is 1.26 bits per heavy atom. The van der Waals surface area contributed by atoms with E-state index in [-0.39, 0.29) is 12.8 Å². The molecule has 2 N–H and O–H groups in total. The molecule has 0 fully saturated rings. The number of carbonyl (C=O) groups excluding carboxylic acids is 1. The van der Waals surface area contributed by atoms with E-state index in [4.69, 9.17) is 5.11 Å². The zero-order chi connectivity index (χ0) is 14.1. The summed E-state index contributed by atoms with van der Waals surface area (Å²) in [6.45, 7) is 4.00. The van der Waals surface area contributed by atoms with Crippen LogP contribution in [0.25, 0.3) is 6.08 Å². The van der Waals surface area contributed by atoms with Crippen LogP contribution in [0.3, 0.4) is 0 Å². The molecule has 0 aromatic heterocycles. The molecule has 1 aromatic rings. The fourth-order valence-electron chi connectivity index (χ4n) is 1.24. The maximum atomic E-state index is 11.1. The van der Waals surface area contributed by atoms with Crippen LogP contribution in [0.2, 0.25) is 0 Å². The monoisotopic (exact) mass is 261 g/mol. The van der Waals surface area contributed by atoms with Gasteiger partial charge in [-0.1, -0.05) is 42.1 Å². The standard InChI is InChI=1S/C13H15N3O3/c1-2-10-3-5-11(6-4-10)9-14-16-15-12(17)7-8-13(18)19/h2-6H,1,7-9H2,(H,18,19)(H,14,15,17). The number of nitrogens with zero attached hydrogens (tertiary/aromatic N) is 2. The molecule has 0 aliphatic heterocycles. The Morgan fingerprint density at radius 2 is 1.95 bits per heavy atom. The summed E-state index contributed by atoms with van der Waals surface area (Å²) in [5.41, 5.74) is 4.14. The number of aliphatic carboxylic acids is 1. The number of carbonyl (C=O) groups is 2. The number of carboxylic acid groups (broad SMARTS) is 1. The van der Waals surface area contributed by atoms with Gasteiger partial charge in [-0.15, -0.1) is 0 Å². The van der Waals surface area contributed by atoms with Gasteiger partial charge in [0.2, 0.25) is 5.91 Å². The van der Waals surface area contributed by atoms with E-state index in [2.05, 4.69) is 22.3 Å². The van der Waals surface area contributed by atoms with E-state index in [0.717, 1.165) is 11.1 Å². The van der Waals surface area contributed by atoms with E-state index in [1.165, 1.54) is 0 Å². The van der Waals surface area contributed by atoms with Crippen molar-refractivity contribution in [2.45, 2.75) is 19.4 Å². The Hall–Kier alpha value is -2.50. The van der Waals surface area contributed by atoms with Crippen LogP contribution in [-0.4, -0.2) is 17.0 Å². The van der Waals surface area contributed by atoms with Gasteiger partial charge in [0, 0.05) is 6.42 Å². The van der Waals surface area contributed by atoms with Gasteiger partial charge >= 0.3 is 5.97 Å². The Labute approximate surface area is 110 Å². The molecule has 0 spiro atoms. The van der Waals surface area contributed by atoms with Crippen LogP contribution in [-0.2, 0) is 16.1 Å². The third-order valence-corrected chi connectivity index (χ3v) is 2.28. The highest BCUT2D eigenvalue weighted by molar-refractivity contribution is 5.80. The number of rotatable bonds is 7. The van der Waals surface area contributed by atoms with Crippen molar-refractivity contribution in [1.29, 1.82) is 0 Å². The average Bonchev–Trinajstić information content (AvgIpc) is 2.42. The molecular formula is C13H15N3O3. The van der Waals surface area contributed by atoms with E-state index in [1.807, 2.05) is 24.3 Å². The topological polar surface area (TPSA) is 91.1 Å². The molecule has 0 heterocycles. The van der Waals surface area contributed by atoms with Crippen LogP contribution in [0.4, 0.5) is 0 Å². The van der Waals surface area contributed by atoms with Crippen molar-refractivity contribution in [2.24, 2.45) is 10.3 Å². The maximum Gasteiger partial charge on any atom is 0.303 e. The highest BCUT2D eigenvalue weighted by Crippen LogP contribution is 2.06. The van der Waals surface area contributed by atoms with E-state index in [1.54, 1.807) is 6.08 Å². The summed E-state index contributed by atoms with van der Waals surface area (Å²) < 4.78 is 0. The fraction of sp³-hybridized carbons (Fsp3) is 0.231. The van der Waals surface area contributed by atoms with Crippen LogP contribution >= 0.6 is 0 Å². The van der Waals surface area contributed by atoms with Crippen LogP contribution in [0.5, 0.6) is 0 Å². The second-order valence-corrected chi connectivity index (χ2v) is 3.77. The lowest BCUT2D eigenvalue weighted by Gasteiger charge is -1.98. The van der Waals surface area contributed by atoms with E-state index >= 15 is 0 Å². The number of nitrogens with one attached hydrogen (secondary N) is 1. The van der Waals surface area contributed by atoms with Gasteiger partial charge in [-0.05, 0) is 11.1 Å². The molecule has 0 aliphatic carbocycles. The Morgan fingerprint density at radius 3 is 2.53 bits per heavy atom. The van der Waals surface area contributed by atoms with Crippen molar-refractivity contribution >= 4 is 18.0 Å². The molecule has 1 aromatic carbocycles. The lowest BCUT2D eigenvalue weighted by molar-refractivity contribution is -0.138. The second kappa shape index (κ2) is 7.75. The lowest BCUT2D eigenvalue weighted by atomic mass is 10.1. The molecule has 0 unspecified atom stereocenters. The molecule has 6 heteroatoms. The van der Waals surface area contributed by atoms with Gasteiger partial charge in [0.15, 0.2) is 0 Å². The third-order valence-electron chi connectivity index (χ3n) is 2.28. The predicted octanol–water partition coefficient (Wildman–Crippen LogP) is 2.18. The molecule has 19 heavy (non-hydrogen) atoms. The molecule has 1 rings (SSSR count). The van der Waals surface area contributed by atoms with Gasteiger partial charge in [0.05, 0.1) is 13.0 Å². The van der Waals surface area contributed by atoms with Crippen molar-refractivity contribution < 1.29 is 14.7 Å². The van der Waals surface area contributed by atoms with Gasteiger partial charge in [-0.2, -0.15) is 5.11 Å². The first kappa shape index (κ1) is 14.6. The normalized spacial score (nSPS) is 10.3. The SMILES string of the molecule is C=Cc1ccc(CN=NNC(=O)CCC(=O)O)cc1. The molecule has 0 aliphatic rings. The van der Waals surface area contributed by atoms with E-state index in [9.17, 15) is 9.59 Å². The van der Waals surface area contributed by atoms with Crippen LogP contribution in [0, 0.1) is 0 Å². The highest BCUT2D eigenvalue weighted by Gasteiger charge is 2.03. The fourth-order valence-corrected chi connectivity index (χ4v) is 1.24. The van der Waals surface area contributed by atoms with Crippen molar-refractivity contribution in [3.63, 3.8) is 0 Å². The second-order valence-electron chi connectivity index (χ2n) is 3.77. The Balaban J connectivity index is 2.31. The van der Waals surface area contributed by atoms with Crippen molar-refractivity contribution in [2.75, 3.05) is 0 Å². The molecule has 0 atom stereocenters. The summed E-state index contributed by atoms with van der Waals surface area (Å²) in [6, 6.07) is 7.59. The van der Waals surface area contributed by atoms with Crippen molar-refractivity contribution in [3.05, 3.63) is 42.0 Å². The number of hydrogen-bond donors (Lipinski definition) is 2. The first-order chi connectivity index (χ1) is 9.11. The van der Waals surface area contributed by atoms with E-state index in [0.29, 0.717) is 6.54 Å². The largest absolute Gasteiger partial charge is 0.481 e. The summed E-state index contributed by atoms with van der Waals surface area (Å²) in [5.74, 6) is -1.48. The molecule has 1 amide bonds. The zero-order valence-electron chi connectivity index (χ0n) is 10.4. The highest BCUT2D eigenvalue weighted by atomic mass is 16.4. The minimum Gasteiger partial charge on any atom is -0.481 e. The summed E-state index contributed by atoms with van der Waals surface area (Å²) in [6.07, 6.45) is 1.42. The molecule has 0 bridgehead atoms. The minimum atomic E-state index is -1.02. The average molecular weight is 261 g/mol. The smallest absolute Gasteiger partial charge is 0.303 e. The van der Waals surface area contributed by atoms with E-state index < -0.39 is 11.9 Å². The van der Waals surface area contributed by atoms with Crippen LogP contribution < -0.4 is 5.43 Å². The predicted molar refractivity (Wildman–Crippen MR) is 70.1 cm³/mol. The van der Waals surface area contributed by atoms with Gasteiger partial charge in [0.1, 0.15) is 0 Å². The molecule has 6 nitrogen and oxygen atoms in total. The summed E-state index contributed by atoms with van der Waals surface area (Å²) in [7, 11) is 0. The third kappa shape index (κ3) is 6.11. The molecule has 0 radical (unpaired) electrons. The summed E-state index contributed by atoms with van der Waals surface area (Å²) in [5, 5.41) is 15.7. The van der Waals surface area contributed by atoms with Crippen molar-refractivity contribution in [1.82, 2.24) is 5.43 Å².